The molecule has 1 heteroatoms. The van der Waals surface area contributed by atoms with Crippen molar-refractivity contribution in [3.8, 4) is 0 Å². The highest BCUT2D eigenvalue weighted by Gasteiger charge is 2.19. The van der Waals surface area contributed by atoms with Crippen molar-refractivity contribution in [3.63, 3.8) is 0 Å². The van der Waals surface area contributed by atoms with E-state index in [-0.39, 0.29) is 5.92 Å². The molecule has 1 N–H and O–H groups in total. The van der Waals surface area contributed by atoms with Gasteiger partial charge in [0.2, 0.25) is 0 Å². The van der Waals surface area contributed by atoms with Crippen molar-refractivity contribution in [2.75, 3.05) is 6.54 Å². The lowest BCUT2D eigenvalue weighted by Crippen LogP contribution is -2.16. The van der Waals surface area contributed by atoms with Gasteiger partial charge >= 0.3 is 0 Å². The van der Waals surface area contributed by atoms with E-state index in [9.17, 15) is 0 Å². The van der Waals surface area contributed by atoms with Crippen LogP contribution in [0.3, 0.4) is 0 Å². The van der Waals surface area contributed by atoms with Gasteiger partial charge in [0, 0.05) is 12.0 Å². The van der Waals surface area contributed by atoms with Crippen LogP contribution in [0.4, 0.5) is 0 Å². The maximum Gasteiger partial charge on any atom is 0.0340 e. The summed E-state index contributed by atoms with van der Waals surface area (Å²) in [5.41, 5.74) is 12.1. The zero-order valence-corrected chi connectivity index (χ0v) is 20.5. The molecule has 31 heavy (non-hydrogen) atoms. The normalized spacial score (nSPS) is 15.7. The number of nitrogens with one attached hydrogen (secondary N) is 1. The van der Waals surface area contributed by atoms with Crippen LogP contribution in [-0.2, 0) is 0 Å². The first-order valence-electron chi connectivity index (χ1n) is 11.7. The third-order valence-electron chi connectivity index (χ3n) is 6.04. The van der Waals surface area contributed by atoms with Gasteiger partial charge in [-0.2, -0.15) is 0 Å². The summed E-state index contributed by atoms with van der Waals surface area (Å²) in [6, 6.07) is 21.6. The number of hydrogen-bond donors (Lipinski definition) is 1. The van der Waals surface area contributed by atoms with Crippen LogP contribution in [0.25, 0.3) is 0 Å². The summed E-state index contributed by atoms with van der Waals surface area (Å²) in [4.78, 5) is 0. The van der Waals surface area contributed by atoms with E-state index in [1.54, 1.807) is 0 Å². The Labute approximate surface area is 189 Å². The highest BCUT2D eigenvalue weighted by atomic mass is 14.9. The van der Waals surface area contributed by atoms with Crippen LogP contribution in [0.1, 0.15) is 75.8 Å². The van der Waals surface area contributed by atoms with Gasteiger partial charge in [-0.05, 0) is 84.5 Å². The average Bonchev–Trinajstić information content (AvgIpc) is 3.11. The molecule has 0 bridgehead atoms. The highest BCUT2D eigenvalue weighted by molar-refractivity contribution is 5.48. The summed E-state index contributed by atoms with van der Waals surface area (Å²) in [5, 5.41) is 3.32. The van der Waals surface area contributed by atoms with Gasteiger partial charge < -0.3 is 5.32 Å². The monoisotopic (exact) mass is 413 g/mol. The van der Waals surface area contributed by atoms with Gasteiger partial charge in [0.15, 0.2) is 0 Å². The molecule has 0 spiro atoms. The Bertz CT molecular complexity index is 841. The first-order chi connectivity index (χ1) is 14.7. The van der Waals surface area contributed by atoms with Gasteiger partial charge in [-0.25, -0.2) is 0 Å². The molecule has 0 radical (unpaired) electrons. The van der Waals surface area contributed by atoms with Crippen molar-refractivity contribution >= 4 is 0 Å². The molecule has 164 valence electrons. The van der Waals surface area contributed by atoms with Crippen LogP contribution < -0.4 is 5.32 Å². The summed E-state index contributed by atoms with van der Waals surface area (Å²) < 4.78 is 0. The molecule has 3 aromatic carbocycles. The van der Waals surface area contributed by atoms with Crippen LogP contribution in [0.5, 0.6) is 0 Å². The average molecular weight is 414 g/mol. The lowest BCUT2D eigenvalue weighted by molar-refractivity contribution is 0.664. The molecule has 0 unspecified atom stereocenters. The summed E-state index contributed by atoms with van der Waals surface area (Å²) >= 11 is 0. The summed E-state index contributed by atoms with van der Waals surface area (Å²) in [6.07, 6.45) is 2.75. The fraction of sp³-hybridized carbons (Fsp3) is 0.400. The van der Waals surface area contributed by atoms with E-state index in [2.05, 4.69) is 108 Å². The lowest BCUT2D eigenvalue weighted by Gasteiger charge is -2.22. The molecule has 0 aliphatic carbocycles. The molecule has 1 fully saturated rings. The minimum Gasteiger partial charge on any atom is -0.314 e. The van der Waals surface area contributed by atoms with Gasteiger partial charge in [-0.1, -0.05) is 88.0 Å². The Morgan fingerprint density at radius 1 is 0.581 bits per heavy atom. The van der Waals surface area contributed by atoms with Crippen LogP contribution in [0, 0.1) is 41.5 Å². The van der Waals surface area contributed by atoms with Crippen molar-refractivity contribution in [1.29, 1.82) is 0 Å². The molecule has 1 heterocycles. The molecule has 3 aromatic rings. The van der Waals surface area contributed by atoms with Crippen LogP contribution in [-0.4, -0.2) is 12.6 Å². The maximum atomic E-state index is 3.32. The fourth-order valence-electron chi connectivity index (χ4n) is 4.97. The topological polar surface area (TPSA) is 12.0 Å². The standard InChI is InChI=1S/C25H28.C5H11N/c1-16-7-17(2)11-22(10-16)25(23-12-18(3)8-19(4)13-23)24-14-20(5)9-21(6)15-24;1-5-3-2-4-6-5/h7-15,25H,1-6H3;5-6H,2-4H2,1H3/t;5-/m.1/s1. The maximum absolute atomic E-state index is 3.32. The highest BCUT2D eigenvalue weighted by Crippen LogP contribution is 2.35. The second-order valence-electron chi connectivity index (χ2n) is 9.69. The van der Waals surface area contributed by atoms with Gasteiger partial charge in [-0.15, -0.1) is 0 Å². The van der Waals surface area contributed by atoms with Crippen LogP contribution >= 0.6 is 0 Å². The van der Waals surface area contributed by atoms with E-state index in [4.69, 9.17) is 0 Å². The van der Waals surface area contributed by atoms with E-state index >= 15 is 0 Å². The number of hydrogen-bond acceptors (Lipinski definition) is 1. The van der Waals surface area contributed by atoms with E-state index in [1.165, 1.54) is 69.5 Å². The van der Waals surface area contributed by atoms with Crippen molar-refractivity contribution in [2.24, 2.45) is 0 Å². The molecule has 0 amide bonds. The number of benzene rings is 3. The van der Waals surface area contributed by atoms with Crippen LogP contribution in [0.2, 0.25) is 0 Å². The van der Waals surface area contributed by atoms with Gasteiger partial charge in [0.1, 0.15) is 0 Å². The van der Waals surface area contributed by atoms with Crippen LogP contribution in [0.15, 0.2) is 54.6 Å². The second kappa shape index (κ2) is 10.3. The lowest BCUT2D eigenvalue weighted by atomic mass is 9.82. The zero-order chi connectivity index (χ0) is 22.5. The second-order valence-corrected chi connectivity index (χ2v) is 9.69. The Morgan fingerprint density at radius 3 is 1.10 bits per heavy atom. The fourth-order valence-corrected chi connectivity index (χ4v) is 4.97. The molecule has 1 atom stereocenters. The smallest absolute Gasteiger partial charge is 0.0340 e. The molecule has 1 saturated heterocycles. The molecular weight excluding hydrogens is 374 g/mol. The van der Waals surface area contributed by atoms with E-state index in [0.29, 0.717) is 0 Å². The minimum atomic E-state index is 0.274. The molecular formula is C30H39N. The first-order valence-corrected chi connectivity index (χ1v) is 11.7. The number of rotatable bonds is 3. The first kappa shape index (κ1) is 23.3. The molecule has 1 nitrogen and oxygen atoms in total. The number of aryl methyl sites for hydroxylation is 6. The van der Waals surface area contributed by atoms with Crippen molar-refractivity contribution < 1.29 is 0 Å². The SMILES string of the molecule is C[C@@H]1CCCN1.Cc1cc(C)cc(C(c2cc(C)cc(C)c2)c2cc(C)cc(C)c2)c1. The van der Waals surface area contributed by atoms with E-state index in [1.807, 2.05) is 0 Å². The largest absolute Gasteiger partial charge is 0.314 e. The van der Waals surface area contributed by atoms with E-state index < -0.39 is 0 Å². The predicted octanol–water partition coefficient (Wildman–Crippen LogP) is 7.48. The van der Waals surface area contributed by atoms with E-state index in [0.717, 1.165) is 6.04 Å². The Kier molecular flexibility index (Phi) is 7.73. The summed E-state index contributed by atoms with van der Waals surface area (Å²) in [6.45, 7) is 16.6. The van der Waals surface area contributed by atoms with Crippen molar-refractivity contribution in [2.45, 2.75) is 73.3 Å². The molecule has 1 aliphatic rings. The molecule has 0 saturated carbocycles. The third-order valence-corrected chi connectivity index (χ3v) is 6.04. The molecule has 1 aliphatic heterocycles. The minimum absolute atomic E-state index is 0.274. The quantitative estimate of drug-likeness (QED) is 0.439. The summed E-state index contributed by atoms with van der Waals surface area (Å²) in [5.74, 6) is 0.274. The predicted molar refractivity (Wildman–Crippen MR) is 135 cm³/mol. The van der Waals surface area contributed by atoms with Gasteiger partial charge in [-0.3, -0.25) is 0 Å². The Morgan fingerprint density at radius 2 is 0.903 bits per heavy atom. The Hall–Kier alpha value is -2.38. The Balaban J connectivity index is 0.000000391. The molecule has 4 rings (SSSR count). The van der Waals surface area contributed by atoms with Gasteiger partial charge in [0.25, 0.3) is 0 Å². The zero-order valence-electron chi connectivity index (χ0n) is 20.5. The molecule has 0 aromatic heterocycles. The van der Waals surface area contributed by atoms with Gasteiger partial charge in [0.05, 0.1) is 0 Å². The summed E-state index contributed by atoms with van der Waals surface area (Å²) in [7, 11) is 0. The third kappa shape index (κ3) is 6.55. The van der Waals surface area contributed by atoms with Crippen molar-refractivity contribution in [1.82, 2.24) is 5.32 Å². The van der Waals surface area contributed by atoms with Crippen molar-refractivity contribution in [3.05, 3.63) is 105 Å².